The number of ether oxygens (including phenoxy) is 1. The summed E-state index contributed by atoms with van der Waals surface area (Å²) in [7, 11) is 3.80. The van der Waals surface area contributed by atoms with Crippen molar-refractivity contribution >= 4 is 28.9 Å². The lowest BCUT2D eigenvalue weighted by Crippen LogP contribution is -2.23. The fourth-order valence-electron chi connectivity index (χ4n) is 3.09. The number of para-hydroxylation sites is 1. The molecule has 1 heterocycles. The van der Waals surface area contributed by atoms with Gasteiger partial charge in [-0.2, -0.15) is 0 Å². The molecule has 0 aliphatic carbocycles. The van der Waals surface area contributed by atoms with E-state index in [0.29, 0.717) is 17.3 Å². The summed E-state index contributed by atoms with van der Waals surface area (Å²) in [6.07, 6.45) is 0.987. The highest BCUT2D eigenvalue weighted by atomic mass is 35.5. The third-order valence-corrected chi connectivity index (χ3v) is 4.48. The summed E-state index contributed by atoms with van der Waals surface area (Å²) < 4.78 is 5.82. The number of nitrogens with one attached hydrogen (secondary N) is 1. The van der Waals surface area contributed by atoms with E-state index in [9.17, 15) is 4.79 Å². The zero-order valence-corrected chi connectivity index (χ0v) is 14.6. The summed E-state index contributed by atoms with van der Waals surface area (Å²) in [4.78, 5) is 14.4. The minimum Gasteiger partial charge on any atom is -0.375 e. The number of benzene rings is 2. The van der Waals surface area contributed by atoms with Crippen molar-refractivity contribution in [3.8, 4) is 0 Å². The zero-order valence-electron chi connectivity index (χ0n) is 13.9. The van der Waals surface area contributed by atoms with Gasteiger partial charge in [-0.15, -0.1) is 0 Å². The molecule has 0 aromatic heterocycles. The Morgan fingerprint density at radius 2 is 2.04 bits per heavy atom. The van der Waals surface area contributed by atoms with Crippen molar-refractivity contribution in [3.05, 3.63) is 58.6 Å². The highest BCUT2D eigenvalue weighted by molar-refractivity contribution is 6.34. The van der Waals surface area contributed by atoms with Gasteiger partial charge in [-0.25, -0.2) is 0 Å². The number of fused-ring (bicyclic) bond motifs is 1. The van der Waals surface area contributed by atoms with Crippen LogP contribution in [-0.2, 0) is 16.0 Å². The Morgan fingerprint density at radius 3 is 2.83 bits per heavy atom. The van der Waals surface area contributed by atoms with E-state index in [1.807, 2.05) is 55.4 Å². The van der Waals surface area contributed by atoms with Gasteiger partial charge in [0.15, 0.2) is 0 Å². The van der Waals surface area contributed by atoms with Gasteiger partial charge >= 0.3 is 0 Å². The molecule has 1 amide bonds. The van der Waals surface area contributed by atoms with E-state index in [-0.39, 0.29) is 18.4 Å². The number of halogens is 1. The first kappa shape index (κ1) is 16.8. The minimum absolute atomic E-state index is 0.0814. The molecule has 2 aromatic rings. The van der Waals surface area contributed by atoms with Crippen LogP contribution in [0.15, 0.2) is 42.5 Å². The van der Waals surface area contributed by atoms with Gasteiger partial charge in [-0.3, -0.25) is 4.79 Å². The number of amides is 1. The van der Waals surface area contributed by atoms with Crippen LogP contribution in [0.5, 0.6) is 0 Å². The first-order chi connectivity index (χ1) is 11.6. The summed E-state index contributed by atoms with van der Waals surface area (Å²) in [5.41, 5.74) is 3.88. The van der Waals surface area contributed by atoms with E-state index in [1.54, 1.807) is 0 Å². The molecule has 0 radical (unpaired) electrons. The van der Waals surface area contributed by atoms with Crippen molar-refractivity contribution in [2.45, 2.75) is 18.9 Å². The number of anilines is 2. The Kier molecular flexibility index (Phi) is 5.07. The second kappa shape index (κ2) is 7.24. The quantitative estimate of drug-likeness (QED) is 0.909. The van der Waals surface area contributed by atoms with Crippen LogP contribution in [-0.4, -0.2) is 26.6 Å². The summed E-state index contributed by atoms with van der Waals surface area (Å²) in [5, 5.41) is 3.57. The molecule has 3 rings (SSSR count). The molecule has 1 N–H and O–H groups in total. The van der Waals surface area contributed by atoms with Gasteiger partial charge in [0.1, 0.15) is 0 Å². The molecule has 24 heavy (non-hydrogen) atoms. The molecule has 0 unspecified atom stereocenters. The number of hydrogen-bond acceptors (Lipinski definition) is 3. The Morgan fingerprint density at radius 1 is 1.25 bits per heavy atom. The molecule has 0 saturated carbocycles. The Labute approximate surface area is 147 Å². The topological polar surface area (TPSA) is 41.6 Å². The first-order valence-electron chi connectivity index (χ1n) is 8.01. The summed E-state index contributed by atoms with van der Waals surface area (Å²) in [6, 6.07) is 13.6. The van der Waals surface area contributed by atoms with Crippen molar-refractivity contribution in [2.75, 3.05) is 30.9 Å². The Hall–Kier alpha value is -2.04. The van der Waals surface area contributed by atoms with E-state index in [4.69, 9.17) is 16.3 Å². The van der Waals surface area contributed by atoms with Crippen molar-refractivity contribution < 1.29 is 9.53 Å². The van der Waals surface area contributed by atoms with E-state index >= 15 is 0 Å². The van der Waals surface area contributed by atoms with Crippen LogP contribution in [0.1, 0.15) is 23.7 Å². The maximum Gasteiger partial charge on any atom is 0.227 e. The number of hydrogen-bond donors (Lipinski definition) is 1. The van der Waals surface area contributed by atoms with Gasteiger partial charge < -0.3 is 15.0 Å². The number of carbonyl (C=O) groups excluding carboxylic acids is 1. The lowest BCUT2D eigenvalue weighted by Gasteiger charge is -2.26. The van der Waals surface area contributed by atoms with Crippen LogP contribution >= 0.6 is 11.6 Å². The molecule has 1 aliphatic rings. The SMILES string of the molecule is CN(C)c1c(Cl)cccc1NC(=O)C[C@@H]1OCCc2ccccc21. The van der Waals surface area contributed by atoms with E-state index in [0.717, 1.165) is 17.7 Å². The molecule has 0 bridgehead atoms. The van der Waals surface area contributed by atoms with Gasteiger partial charge in [0.25, 0.3) is 0 Å². The Balaban J connectivity index is 1.75. The maximum absolute atomic E-state index is 12.5. The van der Waals surface area contributed by atoms with Gasteiger partial charge in [0.05, 0.1) is 35.5 Å². The highest BCUT2D eigenvalue weighted by Crippen LogP contribution is 2.34. The van der Waals surface area contributed by atoms with Crippen LogP contribution in [0.2, 0.25) is 5.02 Å². The number of rotatable bonds is 4. The molecule has 126 valence electrons. The molecule has 1 aliphatic heterocycles. The van der Waals surface area contributed by atoms with Crippen LogP contribution in [0.4, 0.5) is 11.4 Å². The van der Waals surface area contributed by atoms with E-state index < -0.39 is 0 Å². The normalized spacial score (nSPS) is 16.4. The van der Waals surface area contributed by atoms with Gasteiger partial charge in [-0.1, -0.05) is 41.9 Å². The average molecular weight is 345 g/mol. The highest BCUT2D eigenvalue weighted by Gasteiger charge is 2.23. The van der Waals surface area contributed by atoms with Crippen LogP contribution in [0.3, 0.4) is 0 Å². The molecule has 1 atom stereocenters. The fraction of sp³-hybridized carbons (Fsp3) is 0.316. The van der Waals surface area contributed by atoms with E-state index in [1.165, 1.54) is 5.56 Å². The predicted octanol–water partition coefficient (Wildman–Crippen LogP) is 4.05. The van der Waals surface area contributed by atoms with Crippen molar-refractivity contribution in [1.29, 1.82) is 0 Å². The summed E-state index contributed by atoms with van der Waals surface area (Å²) in [5.74, 6) is -0.0814. The second-order valence-corrected chi connectivity index (χ2v) is 6.50. The molecule has 0 saturated heterocycles. The van der Waals surface area contributed by atoms with Crippen LogP contribution in [0.25, 0.3) is 0 Å². The molecular weight excluding hydrogens is 324 g/mol. The number of nitrogens with zero attached hydrogens (tertiary/aromatic N) is 1. The molecule has 0 fully saturated rings. The monoisotopic (exact) mass is 344 g/mol. The van der Waals surface area contributed by atoms with Crippen molar-refractivity contribution in [3.63, 3.8) is 0 Å². The molecule has 2 aromatic carbocycles. The van der Waals surface area contributed by atoms with Crippen LogP contribution < -0.4 is 10.2 Å². The molecular formula is C19H21ClN2O2. The average Bonchev–Trinajstić information content (AvgIpc) is 2.55. The minimum atomic E-state index is -0.197. The number of carbonyl (C=O) groups is 1. The first-order valence-corrected chi connectivity index (χ1v) is 8.39. The second-order valence-electron chi connectivity index (χ2n) is 6.09. The fourth-order valence-corrected chi connectivity index (χ4v) is 3.43. The maximum atomic E-state index is 12.5. The third-order valence-electron chi connectivity index (χ3n) is 4.17. The predicted molar refractivity (Wildman–Crippen MR) is 97.9 cm³/mol. The van der Waals surface area contributed by atoms with Gasteiger partial charge in [-0.05, 0) is 29.7 Å². The third kappa shape index (κ3) is 3.55. The van der Waals surface area contributed by atoms with Crippen LogP contribution in [0, 0.1) is 0 Å². The molecule has 0 spiro atoms. The summed E-state index contributed by atoms with van der Waals surface area (Å²) in [6.45, 7) is 0.648. The standard InChI is InChI=1S/C19H21ClN2O2/c1-22(2)19-15(20)8-5-9-16(19)21-18(23)12-17-14-7-4-3-6-13(14)10-11-24-17/h3-9,17H,10-12H2,1-2H3,(H,21,23)/t17-/m0/s1. The molecule has 5 heteroatoms. The lowest BCUT2D eigenvalue weighted by molar-refractivity contribution is -0.119. The van der Waals surface area contributed by atoms with Gasteiger partial charge in [0, 0.05) is 14.1 Å². The zero-order chi connectivity index (χ0) is 17.1. The van der Waals surface area contributed by atoms with E-state index in [2.05, 4.69) is 11.4 Å². The van der Waals surface area contributed by atoms with Gasteiger partial charge in [0.2, 0.25) is 5.91 Å². The smallest absolute Gasteiger partial charge is 0.227 e. The Bertz CT molecular complexity index is 746. The van der Waals surface area contributed by atoms with Crippen molar-refractivity contribution in [2.24, 2.45) is 0 Å². The summed E-state index contributed by atoms with van der Waals surface area (Å²) >= 11 is 6.25. The largest absolute Gasteiger partial charge is 0.375 e. The van der Waals surface area contributed by atoms with Crippen molar-refractivity contribution in [1.82, 2.24) is 0 Å². The molecule has 4 nitrogen and oxygen atoms in total. The lowest BCUT2D eigenvalue weighted by atomic mass is 9.95.